The van der Waals surface area contributed by atoms with Gasteiger partial charge in [-0.2, -0.15) is 5.10 Å². The van der Waals surface area contributed by atoms with Crippen LogP contribution < -0.4 is 10.9 Å². The second kappa shape index (κ2) is 8.31. The first kappa shape index (κ1) is 18.3. The number of nitrogens with zero attached hydrogens (tertiary/aromatic N) is 2. The van der Waals surface area contributed by atoms with Gasteiger partial charge in [-0.3, -0.25) is 14.6 Å². The van der Waals surface area contributed by atoms with Gasteiger partial charge in [0.2, 0.25) is 0 Å². The monoisotopic (exact) mass is 382 g/mol. The van der Waals surface area contributed by atoms with Gasteiger partial charge in [-0.05, 0) is 23.3 Å². The van der Waals surface area contributed by atoms with Gasteiger partial charge in [-0.15, -0.1) is 0 Å². The maximum absolute atomic E-state index is 13.0. The van der Waals surface area contributed by atoms with E-state index < -0.39 is 11.5 Å². The van der Waals surface area contributed by atoms with Crippen LogP contribution in [0.3, 0.4) is 0 Å². The number of aromatic amines is 1. The second-order valence-electron chi connectivity index (χ2n) is 6.42. The molecule has 142 valence electrons. The number of pyridine rings is 1. The third-order valence-electron chi connectivity index (χ3n) is 4.52. The summed E-state index contributed by atoms with van der Waals surface area (Å²) in [7, 11) is 0. The zero-order valence-electron chi connectivity index (χ0n) is 15.5. The van der Waals surface area contributed by atoms with E-state index in [0.29, 0.717) is 11.3 Å². The van der Waals surface area contributed by atoms with E-state index in [9.17, 15) is 9.59 Å². The fourth-order valence-electron chi connectivity index (χ4n) is 3.13. The van der Waals surface area contributed by atoms with Crippen LogP contribution in [0.1, 0.15) is 15.9 Å². The minimum absolute atomic E-state index is 0.0408. The Morgan fingerprint density at radius 3 is 2.14 bits per heavy atom. The van der Waals surface area contributed by atoms with E-state index >= 15 is 0 Å². The summed E-state index contributed by atoms with van der Waals surface area (Å²) in [6.07, 6.45) is 3.31. The Morgan fingerprint density at radius 1 is 0.862 bits per heavy atom. The number of benzene rings is 2. The summed E-state index contributed by atoms with van der Waals surface area (Å²) < 4.78 is 0. The lowest BCUT2D eigenvalue weighted by Gasteiger charge is -2.14. The molecule has 6 heteroatoms. The Labute approximate surface area is 167 Å². The van der Waals surface area contributed by atoms with Crippen molar-refractivity contribution in [3.63, 3.8) is 0 Å². The average molecular weight is 382 g/mol. The summed E-state index contributed by atoms with van der Waals surface area (Å²) in [6, 6.07) is 22.4. The number of carbonyl (C=O) groups is 1. The zero-order chi connectivity index (χ0) is 20.1. The fraction of sp³-hybridized carbons (Fsp3) is 0.0435. The molecule has 2 aromatic heterocycles. The van der Waals surface area contributed by atoms with Crippen LogP contribution in [-0.2, 0) is 6.54 Å². The summed E-state index contributed by atoms with van der Waals surface area (Å²) in [5.74, 6) is -0.457. The van der Waals surface area contributed by atoms with Crippen molar-refractivity contribution in [2.45, 2.75) is 6.54 Å². The lowest BCUT2D eigenvalue weighted by atomic mass is 9.95. The molecule has 2 N–H and O–H groups in total. The van der Waals surface area contributed by atoms with Gasteiger partial charge in [0.15, 0.2) is 0 Å². The van der Waals surface area contributed by atoms with Gasteiger partial charge in [-0.25, -0.2) is 5.10 Å². The number of rotatable bonds is 5. The quantitative estimate of drug-likeness (QED) is 0.554. The molecule has 0 aliphatic rings. The van der Waals surface area contributed by atoms with Crippen molar-refractivity contribution in [2.75, 3.05) is 0 Å². The molecule has 2 heterocycles. The number of amides is 1. The molecule has 0 atom stereocenters. The van der Waals surface area contributed by atoms with Crippen molar-refractivity contribution in [1.29, 1.82) is 0 Å². The minimum atomic E-state index is -0.532. The molecule has 0 fully saturated rings. The lowest BCUT2D eigenvalue weighted by Crippen LogP contribution is -2.31. The van der Waals surface area contributed by atoms with E-state index in [2.05, 4.69) is 20.5 Å². The standard InChI is InChI=1S/C23H18N4O2/c28-22(25-15-16-11-13-24-14-12-16)20-19(17-7-3-1-4-8-17)21(26-27-23(20)29)18-9-5-2-6-10-18/h1-14H,15H2,(H,25,28)(H,27,29). The normalized spacial score (nSPS) is 10.5. The molecule has 0 bridgehead atoms. The van der Waals surface area contributed by atoms with Crippen molar-refractivity contribution in [1.82, 2.24) is 20.5 Å². The van der Waals surface area contributed by atoms with Crippen LogP contribution in [0.15, 0.2) is 90.0 Å². The summed E-state index contributed by atoms with van der Waals surface area (Å²) in [5.41, 5.74) is 3.02. The van der Waals surface area contributed by atoms with Crippen LogP contribution in [0.25, 0.3) is 22.4 Å². The van der Waals surface area contributed by atoms with Gasteiger partial charge < -0.3 is 5.32 Å². The molecule has 0 saturated carbocycles. The van der Waals surface area contributed by atoms with Crippen molar-refractivity contribution >= 4 is 5.91 Å². The highest BCUT2D eigenvalue weighted by Gasteiger charge is 2.22. The molecule has 6 nitrogen and oxygen atoms in total. The summed E-state index contributed by atoms with van der Waals surface area (Å²) >= 11 is 0. The largest absolute Gasteiger partial charge is 0.348 e. The van der Waals surface area contributed by atoms with E-state index in [1.54, 1.807) is 12.4 Å². The number of nitrogens with one attached hydrogen (secondary N) is 2. The molecule has 0 aliphatic heterocycles. The van der Waals surface area contributed by atoms with Crippen LogP contribution in [0.4, 0.5) is 0 Å². The first-order valence-corrected chi connectivity index (χ1v) is 9.14. The molecule has 4 rings (SSSR count). The van der Waals surface area contributed by atoms with E-state index in [-0.39, 0.29) is 12.1 Å². The van der Waals surface area contributed by atoms with Crippen LogP contribution in [0.2, 0.25) is 0 Å². The average Bonchev–Trinajstić information content (AvgIpc) is 2.79. The van der Waals surface area contributed by atoms with Crippen LogP contribution in [0.5, 0.6) is 0 Å². The molecule has 0 aliphatic carbocycles. The summed E-state index contributed by atoms with van der Waals surface area (Å²) in [6.45, 7) is 0.290. The lowest BCUT2D eigenvalue weighted by molar-refractivity contribution is 0.0950. The Bertz CT molecular complexity index is 1170. The summed E-state index contributed by atoms with van der Waals surface area (Å²) in [4.78, 5) is 29.7. The van der Waals surface area contributed by atoms with Gasteiger partial charge in [0, 0.05) is 30.1 Å². The molecule has 0 unspecified atom stereocenters. The topological polar surface area (TPSA) is 87.7 Å². The van der Waals surface area contributed by atoms with Gasteiger partial charge >= 0.3 is 0 Å². The first-order chi connectivity index (χ1) is 14.2. The molecule has 2 aromatic carbocycles. The molecule has 0 saturated heterocycles. The van der Waals surface area contributed by atoms with Crippen LogP contribution >= 0.6 is 0 Å². The highest BCUT2D eigenvalue weighted by molar-refractivity contribution is 6.03. The summed E-state index contributed by atoms with van der Waals surface area (Å²) in [5, 5.41) is 9.57. The molecule has 4 aromatic rings. The minimum Gasteiger partial charge on any atom is -0.348 e. The fourth-order valence-corrected chi connectivity index (χ4v) is 3.13. The van der Waals surface area contributed by atoms with Gasteiger partial charge in [-0.1, -0.05) is 60.7 Å². The molecular weight excluding hydrogens is 364 g/mol. The van der Waals surface area contributed by atoms with Gasteiger partial charge in [0.25, 0.3) is 11.5 Å². The number of H-pyrrole nitrogens is 1. The predicted octanol–water partition coefficient (Wildman–Crippen LogP) is 3.43. The van der Waals surface area contributed by atoms with Crippen LogP contribution in [-0.4, -0.2) is 21.1 Å². The Kier molecular flexibility index (Phi) is 5.25. The van der Waals surface area contributed by atoms with E-state index in [1.165, 1.54) is 0 Å². The predicted molar refractivity (Wildman–Crippen MR) is 111 cm³/mol. The van der Waals surface area contributed by atoms with Crippen LogP contribution in [0, 0.1) is 0 Å². The van der Waals surface area contributed by atoms with Crippen molar-refractivity contribution in [3.05, 3.63) is 107 Å². The zero-order valence-corrected chi connectivity index (χ0v) is 15.5. The van der Waals surface area contributed by atoms with Crippen molar-refractivity contribution < 1.29 is 4.79 Å². The molecule has 0 spiro atoms. The Hall–Kier alpha value is -4.06. The molecule has 1 amide bonds. The van der Waals surface area contributed by atoms with Gasteiger partial charge in [0.05, 0.1) is 5.69 Å². The highest BCUT2D eigenvalue weighted by Crippen LogP contribution is 2.31. The SMILES string of the molecule is O=C(NCc1ccncc1)c1c(-c2ccccc2)c(-c2ccccc2)n[nH]c1=O. The van der Waals surface area contributed by atoms with E-state index in [1.807, 2.05) is 72.8 Å². The number of aromatic nitrogens is 3. The smallest absolute Gasteiger partial charge is 0.277 e. The Balaban J connectivity index is 1.82. The first-order valence-electron chi connectivity index (χ1n) is 9.14. The van der Waals surface area contributed by atoms with Crippen molar-refractivity contribution in [2.24, 2.45) is 0 Å². The highest BCUT2D eigenvalue weighted by atomic mass is 16.2. The van der Waals surface area contributed by atoms with E-state index in [0.717, 1.165) is 16.7 Å². The number of carbonyl (C=O) groups excluding carboxylic acids is 1. The maximum atomic E-state index is 13.0. The third-order valence-corrected chi connectivity index (χ3v) is 4.52. The van der Waals surface area contributed by atoms with Crippen molar-refractivity contribution in [3.8, 4) is 22.4 Å². The maximum Gasteiger partial charge on any atom is 0.277 e. The molecule has 29 heavy (non-hydrogen) atoms. The second-order valence-corrected chi connectivity index (χ2v) is 6.42. The molecule has 0 radical (unpaired) electrons. The van der Waals surface area contributed by atoms with Gasteiger partial charge in [0.1, 0.15) is 5.56 Å². The van der Waals surface area contributed by atoms with E-state index in [4.69, 9.17) is 0 Å². The molecular formula is C23H18N4O2. The third kappa shape index (κ3) is 3.96. The number of hydrogen-bond acceptors (Lipinski definition) is 4. The number of hydrogen-bond donors (Lipinski definition) is 2. The Morgan fingerprint density at radius 2 is 1.48 bits per heavy atom.